The van der Waals surface area contributed by atoms with Crippen LogP contribution in [0.3, 0.4) is 0 Å². The molecule has 5 atom stereocenters. The summed E-state index contributed by atoms with van der Waals surface area (Å²) in [5.74, 6) is -0.429. The van der Waals surface area contributed by atoms with Crippen LogP contribution in [0.2, 0.25) is 0 Å². The molecule has 2 amide bonds. The van der Waals surface area contributed by atoms with Crippen molar-refractivity contribution < 1.29 is 29.3 Å². The molecule has 0 unspecified atom stereocenters. The molecule has 2 heterocycles. The van der Waals surface area contributed by atoms with Gasteiger partial charge in [0, 0.05) is 36.9 Å². The highest BCUT2D eigenvalue weighted by molar-refractivity contribution is 5.96. The topological polar surface area (TPSA) is 108 Å². The summed E-state index contributed by atoms with van der Waals surface area (Å²) in [5.41, 5.74) is 2.10. The van der Waals surface area contributed by atoms with Crippen molar-refractivity contribution in [2.24, 2.45) is 0 Å². The lowest BCUT2D eigenvalue weighted by Crippen LogP contribution is -2.56. The summed E-state index contributed by atoms with van der Waals surface area (Å²) in [6.45, 7) is 4.58. The van der Waals surface area contributed by atoms with Crippen LogP contribution in [0, 0.1) is 0 Å². The van der Waals surface area contributed by atoms with Crippen LogP contribution in [-0.2, 0) is 14.3 Å². The maximum atomic E-state index is 13.2. The molecule has 8 heteroatoms. The van der Waals surface area contributed by atoms with Crippen LogP contribution < -0.4 is 10.1 Å². The molecule has 33 heavy (non-hydrogen) atoms. The average Bonchev–Trinajstić information content (AvgIpc) is 3.44. The van der Waals surface area contributed by atoms with E-state index in [2.05, 4.69) is 5.32 Å². The molecule has 1 aromatic carbocycles. The molecule has 1 fully saturated rings. The number of nitrogens with zero attached hydrogens (tertiary/aromatic N) is 1. The van der Waals surface area contributed by atoms with E-state index in [9.17, 15) is 19.8 Å². The van der Waals surface area contributed by atoms with E-state index in [1.807, 2.05) is 38.1 Å². The third-order valence-corrected chi connectivity index (χ3v) is 6.36. The molecule has 8 nitrogen and oxygen atoms in total. The summed E-state index contributed by atoms with van der Waals surface area (Å²) in [4.78, 5) is 27.9. The third-order valence-electron chi connectivity index (χ3n) is 6.36. The first-order valence-corrected chi connectivity index (χ1v) is 11.5. The Morgan fingerprint density at radius 3 is 2.76 bits per heavy atom. The minimum Gasteiger partial charge on any atom is -0.486 e. The highest BCUT2D eigenvalue weighted by atomic mass is 16.5. The number of benzene rings is 1. The van der Waals surface area contributed by atoms with Gasteiger partial charge in [-0.1, -0.05) is 23.8 Å². The van der Waals surface area contributed by atoms with Gasteiger partial charge in [0.05, 0.1) is 24.7 Å². The van der Waals surface area contributed by atoms with Crippen LogP contribution in [0.1, 0.15) is 38.2 Å². The van der Waals surface area contributed by atoms with E-state index in [1.54, 1.807) is 11.0 Å². The minimum absolute atomic E-state index is 0.111. The Bertz CT molecular complexity index is 948. The van der Waals surface area contributed by atoms with Crippen molar-refractivity contribution in [2.45, 2.75) is 57.0 Å². The largest absolute Gasteiger partial charge is 0.486 e. The number of para-hydroxylation sites is 1. The van der Waals surface area contributed by atoms with Crippen molar-refractivity contribution in [2.75, 3.05) is 26.3 Å². The lowest BCUT2D eigenvalue weighted by atomic mass is 9.77. The minimum atomic E-state index is -1.03. The van der Waals surface area contributed by atoms with Gasteiger partial charge in [-0.25, -0.2) is 0 Å². The molecule has 178 valence electrons. The smallest absolute Gasteiger partial charge is 0.247 e. The first kappa shape index (κ1) is 23.5. The van der Waals surface area contributed by atoms with Crippen LogP contribution in [0.5, 0.6) is 5.75 Å². The quantitative estimate of drug-likeness (QED) is 0.534. The van der Waals surface area contributed by atoms with Gasteiger partial charge in [0.25, 0.3) is 0 Å². The van der Waals surface area contributed by atoms with Gasteiger partial charge in [-0.15, -0.1) is 0 Å². The highest BCUT2D eigenvalue weighted by Crippen LogP contribution is 2.47. The van der Waals surface area contributed by atoms with Gasteiger partial charge < -0.3 is 29.9 Å². The third kappa shape index (κ3) is 4.83. The summed E-state index contributed by atoms with van der Waals surface area (Å²) in [5, 5.41) is 23.3. The lowest BCUT2D eigenvalue weighted by molar-refractivity contribution is -0.134. The predicted octanol–water partition coefficient (Wildman–Crippen LogP) is 1.28. The number of hydrogen-bond acceptors (Lipinski definition) is 6. The number of amides is 2. The molecule has 2 aliphatic heterocycles. The first-order chi connectivity index (χ1) is 15.9. The van der Waals surface area contributed by atoms with E-state index in [0.717, 1.165) is 24.0 Å². The SMILES string of the molecule is CC(C)=CC(=O)N(C[C@H]1CCCO1)[C@@H]1C=C(C(=O)NCCO)[C@@H]2c3ccccc3O[C@@H]2[C@H]1O. The molecule has 1 aromatic rings. The molecule has 0 saturated carbocycles. The molecule has 0 bridgehead atoms. The second kappa shape index (κ2) is 10.1. The van der Waals surface area contributed by atoms with Crippen LogP contribution in [-0.4, -0.2) is 77.6 Å². The van der Waals surface area contributed by atoms with E-state index in [-0.39, 0.29) is 31.1 Å². The number of carbonyl (C=O) groups excluding carboxylic acids is 2. The van der Waals surface area contributed by atoms with E-state index in [1.165, 1.54) is 6.08 Å². The fourth-order valence-corrected chi connectivity index (χ4v) is 4.89. The lowest BCUT2D eigenvalue weighted by Gasteiger charge is -2.41. The van der Waals surface area contributed by atoms with Gasteiger partial charge in [0.2, 0.25) is 11.8 Å². The van der Waals surface area contributed by atoms with Crippen molar-refractivity contribution in [3.63, 3.8) is 0 Å². The molecule has 4 rings (SSSR count). The van der Waals surface area contributed by atoms with Gasteiger partial charge in [-0.2, -0.15) is 0 Å². The Labute approximate surface area is 193 Å². The Morgan fingerprint density at radius 1 is 1.27 bits per heavy atom. The summed E-state index contributed by atoms with van der Waals surface area (Å²) >= 11 is 0. The van der Waals surface area contributed by atoms with Gasteiger partial charge in [0.1, 0.15) is 18.0 Å². The van der Waals surface area contributed by atoms with Crippen molar-refractivity contribution >= 4 is 11.8 Å². The molecule has 0 radical (unpaired) electrons. The highest BCUT2D eigenvalue weighted by Gasteiger charge is 2.50. The fraction of sp³-hybridized carbons (Fsp3) is 0.520. The number of fused-ring (bicyclic) bond motifs is 3. The summed E-state index contributed by atoms with van der Waals surface area (Å²) < 4.78 is 11.9. The molecular weight excluding hydrogens is 424 g/mol. The normalized spacial score (nSPS) is 27.6. The van der Waals surface area contributed by atoms with Crippen LogP contribution in [0.15, 0.2) is 47.6 Å². The number of rotatable bonds is 7. The van der Waals surface area contributed by atoms with E-state index in [0.29, 0.717) is 24.5 Å². The molecule has 3 N–H and O–H groups in total. The average molecular weight is 457 g/mol. The van der Waals surface area contributed by atoms with Gasteiger partial charge in [0.15, 0.2) is 0 Å². The second-order valence-corrected chi connectivity index (χ2v) is 9.03. The molecule has 0 spiro atoms. The number of aliphatic hydroxyl groups is 2. The van der Waals surface area contributed by atoms with Crippen molar-refractivity contribution in [3.05, 3.63) is 53.1 Å². The van der Waals surface area contributed by atoms with Crippen molar-refractivity contribution in [3.8, 4) is 5.75 Å². The van der Waals surface area contributed by atoms with Crippen molar-refractivity contribution in [1.29, 1.82) is 0 Å². The van der Waals surface area contributed by atoms with Crippen molar-refractivity contribution in [1.82, 2.24) is 10.2 Å². The molecular formula is C25H32N2O6. The monoisotopic (exact) mass is 456 g/mol. The number of carbonyl (C=O) groups is 2. The van der Waals surface area contributed by atoms with Gasteiger partial charge >= 0.3 is 0 Å². The van der Waals surface area contributed by atoms with E-state index >= 15 is 0 Å². The zero-order valence-electron chi connectivity index (χ0n) is 19.1. The molecule has 0 aromatic heterocycles. The Kier molecular flexibility index (Phi) is 7.17. The maximum absolute atomic E-state index is 13.2. The van der Waals surface area contributed by atoms with Gasteiger partial charge in [-0.3, -0.25) is 9.59 Å². The summed E-state index contributed by atoms with van der Waals surface area (Å²) in [6.07, 6.45) is 3.13. The van der Waals surface area contributed by atoms with Crippen LogP contribution in [0.4, 0.5) is 0 Å². The zero-order valence-corrected chi connectivity index (χ0v) is 19.1. The maximum Gasteiger partial charge on any atom is 0.247 e. The number of hydrogen-bond donors (Lipinski definition) is 3. The summed E-state index contributed by atoms with van der Waals surface area (Å²) in [6, 6.07) is 6.66. The predicted molar refractivity (Wildman–Crippen MR) is 122 cm³/mol. The van der Waals surface area contributed by atoms with Crippen LogP contribution >= 0.6 is 0 Å². The Balaban J connectivity index is 1.74. The molecule has 3 aliphatic rings. The number of aliphatic hydroxyl groups excluding tert-OH is 2. The van der Waals surface area contributed by atoms with E-state index < -0.39 is 24.2 Å². The number of nitrogens with one attached hydrogen (secondary N) is 1. The zero-order chi connectivity index (χ0) is 23.5. The second-order valence-electron chi connectivity index (χ2n) is 9.03. The van der Waals surface area contributed by atoms with E-state index in [4.69, 9.17) is 9.47 Å². The molecule has 1 aliphatic carbocycles. The Hall–Kier alpha value is -2.68. The fourth-order valence-electron chi connectivity index (χ4n) is 4.89. The van der Waals surface area contributed by atoms with Gasteiger partial charge in [-0.05, 0) is 38.8 Å². The number of allylic oxidation sites excluding steroid dienone is 1. The Morgan fingerprint density at radius 2 is 2.06 bits per heavy atom. The standard InChI is InChI=1S/C25H32N2O6/c1-15(2)12-21(29)27(14-16-6-5-11-32-16)19-13-18(25(31)26-9-10-28)22-17-7-3-4-8-20(17)33-24(22)23(19)30/h3-4,7-8,12-13,16,19,22-24,28,30H,5-6,9-11,14H2,1-2H3,(H,26,31)/t16-,19-,22+,23+,24+/m1/s1. The summed E-state index contributed by atoms with van der Waals surface area (Å²) in [7, 11) is 0. The number of ether oxygens (including phenoxy) is 2. The molecule has 1 saturated heterocycles. The first-order valence-electron chi connectivity index (χ1n) is 11.5. The van der Waals surface area contributed by atoms with Crippen LogP contribution in [0.25, 0.3) is 0 Å².